The molecule has 7 heteroatoms. The van der Waals surface area contributed by atoms with Gasteiger partial charge in [0.15, 0.2) is 0 Å². The zero-order valence-electron chi connectivity index (χ0n) is 13.3. The van der Waals surface area contributed by atoms with Crippen molar-refractivity contribution < 1.29 is 19.5 Å². The Morgan fingerprint density at radius 1 is 1.33 bits per heavy atom. The van der Waals surface area contributed by atoms with E-state index < -0.39 is 29.5 Å². The number of rotatable bonds is 3. The fourth-order valence-electron chi connectivity index (χ4n) is 2.80. The molecule has 2 atom stereocenters. The van der Waals surface area contributed by atoms with Crippen LogP contribution in [0.4, 0.5) is 4.79 Å². The zero-order valence-corrected chi connectivity index (χ0v) is 13.3. The highest BCUT2D eigenvalue weighted by Gasteiger charge is 2.44. The van der Waals surface area contributed by atoms with Gasteiger partial charge in [0.05, 0.1) is 0 Å². The quantitative estimate of drug-likeness (QED) is 0.804. The van der Waals surface area contributed by atoms with Crippen LogP contribution in [0.5, 0.6) is 0 Å². The largest absolute Gasteiger partial charge is 0.480 e. The third-order valence-corrected chi connectivity index (χ3v) is 3.92. The molecule has 1 saturated heterocycles. The Balaban J connectivity index is 2.84. The summed E-state index contributed by atoms with van der Waals surface area (Å²) in [6.07, 6.45) is 1.50. The molecule has 1 heterocycles. The van der Waals surface area contributed by atoms with Gasteiger partial charge in [0.2, 0.25) is 5.91 Å². The predicted octanol–water partition coefficient (Wildman–Crippen LogP) is 0.748. The Kier molecular flexibility index (Phi) is 5.20. The molecule has 0 spiro atoms. The molecule has 0 aromatic rings. The second kappa shape index (κ2) is 6.32. The molecule has 0 saturated carbocycles. The summed E-state index contributed by atoms with van der Waals surface area (Å²) in [5, 5.41) is 12.0. The molecule has 7 nitrogen and oxygen atoms in total. The topological polar surface area (TPSA) is 90.0 Å². The molecule has 1 aliphatic heterocycles. The minimum Gasteiger partial charge on any atom is -0.480 e. The maximum atomic E-state index is 12.3. The third-order valence-electron chi connectivity index (χ3n) is 3.92. The van der Waals surface area contributed by atoms with Gasteiger partial charge >= 0.3 is 12.0 Å². The lowest BCUT2D eigenvalue weighted by Crippen LogP contribution is -2.60. The highest BCUT2D eigenvalue weighted by Crippen LogP contribution is 2.35. The molecule has 21 heavy (non-hydrogen) atoms. The summed E-state index contributed by atoms with van der Waals surface area (Å²) in [5.41, 5.74) is -0.490. The van der Waals surface area contributed by atoms with E-state index in [2.05, 4.69) is 5.32 Å². The normalized spacial score (nSPS) is 22.3. The number of piperidine rings is 1. The van der Waals surface area contributed by atoms with E-state index >= 15 is 0 Å². The number of carbonyl (C=O) groups excluding carboxylic acids is 2. The molecule has 120 valence electrons. The Bertz CT molecular complexity index is 434. The Morgan fingerprint density at radius 2 is 1.90 bits per heavy atom. The standard InChI is InChI=1S/C14H25N3O4/c1-9(11(18)16(4)5)15-13(21)17-8-6-7-14(2,3)10(17)12(19)20/h9-10H,6-8H2,1-5H3,(H,15,21)(H,19,20). The van der Waals surface area contributed by atoms with Gasteiger partial charge in [-0.2, -0.15) is 0 Å². The maximum absolute atomic E-state index is 12.3. The van der Waals surface area contributed by atoms with Crippen molar-refractivity contribution in [3.05, 3.63) is 0 Å². The molecule has 0 aromatic carbocycles. The smallest absolute Gasteiger partial charge is 0.327 e. The van der Waals surface area contributed by atoms with Crippen LogP contribution in [0.2, 0.25) is 0 Å². The number of likely N-dealkylation sites (tertiary alicyclic amines) is 1. The van der Waals surface area contributed by atoms with Crippen molar-refractivity contribution in [1.29, 1.82) is 0 Å². The lowest BCUT2D eigenvalue weighted by Gasteiger charge is -2.44. The first-order valence-electron chi connectivity index (χ1n) is 7.09. The van der Waals surface area contributed by atoms with E-state index in [1.807, 2.05) is 13.8 Å². The first kappa shape index (κ1) is 17.3. The van der Waals surface area contributed by atoms with Gasteiger partial charge in [-0.25, -0.2) is 9.59 Å². The molecule has 0 radical (unpaired) electrons. The Labute approximate surface area is 125 Å². The lowest BCUT2D eigenvalue weighted by molar-refractivity contribution is -0.148. The SMILES string of the molecule is CC(NC(=O)N1CCCC(C)(C)C1C(=O)O)C(=O)N(C)C. The van der Waals surface area contributed by atoms with Gasteiger partial charge in [-0.3, -0.25) is 4.79 Å². The second-order valence-electron chi connectivity index (χ2n) is 6.43. The minimum absolute atomic E-state index is 0.230. The van der Waals surface area contributed by atoms with Crippen LogP contribution in [-0.4, -0.2) is 65.5 Å². The summed E-state index contributed by atoms with van der Waals surface area (Å²) >= 11 is 0. The molecule has 1 rings (SSSR count). The number of hydrogen-bond acceptors (Lipinski definition) is 3. The molecular weight excluding hydrogens is 274 g/mol. The van der Waals surface area contributed by atoms with Gasteiger partial charge in [-0.15, -0.1) is 0 Å². The Morgan fingerprint density at radius 3 is 2.38 bits per heavy atom. The number of aliphatic carboxylic acids is 1. The van der Waals surface area contributed by atoms with Crippen molar-refractivity contribution in [2.75, 3.05) is 20.6 Å². The predicted molar refractivity (Wildman–Crippen MR) is 77.8 cm³/mol. The first-order chi connectivity index (χ1) is 9.58. The number of carboxylic acids is 1. The van der Waals surface area contributed by atoms with Gasteiger partial charge in [-0.1, -0.05) is 13.8 Å². The van der Waals surface area contributed by atoms with E-state index in [0.717, 1.165) is 12.8 Å². The van der Waals surface area contributed by atoms with Gasteiger partial charge in [-0.05, 0) is 25.2 Å². The molecule has 2 N–H and O–H groups in total. The highest BCUT2D eigenvalue weighted by molar-refractivity contribution is 5.88. The zero-order chi connectivity index (χ0) is 16.4. The van der Waals surface area contributed by atoms with Crippen LogP contribution in [0, 0.1) is 5.41 Å². The number of nitrogens with one attached hydrogen (secondary N) is 1. The van der Waals surface area contributed by atoms with Crippen molar-refractivity contribution in [2.24, 2.45) is 5.41 Å². The highest BCUT2D eigenvalue weighted by atomic mass is 16.4. The number of nitrogens with zero attached hydrogens (tertiary/aromatic N) is 2. The van der Waals surface area contributed by atoms with E-state index in [1.165, 1.54) is 9.80 Å². The summed E-state index contributed by atoms with van der Waals surface area (Å²) in [4.78, 5) is 38.3. The summed E-state index contributed by atoms with van der Waals surface area (Å²) in [6.45, 7) is 5.67. The van der Waals surface area contributed by atoms with E-state index in [4.69, 9.17) is 0 Å². The van der Waals surface area contributed by atoms with Crippen LogP contribution >= 0.6 is 0 Å². The van der Waals surface area contributed by atoms with Crippen molar-refractivity contribution in [1.82, 2.24) is 15.1 Å². The van der Waals surface area contributed by atoms with Crippen molar-refractivity contribution in [3.63, 3.8) is 0 Å². The summed E-state index contributed by atoms with van der Waals surface area (Å²) in [6, 6.07) is -2.07. The number of urea groups is 1. The summed E-state index contributed by atoms with van der Waals surface area (Å²) < 4.78 is 0. The molecule has 3 amide bonds. The number of carbonyl (C=O) groups is 3. The number of likely N-dealkylation sites (N-methyl/N-ethyl adjacent to an activating group) is 1. The van der Waals surface area contributed by atoms with Crippen LogP contribution in [0.1, 0.15) is 33.6 Å². The van der Waals surface area contributed by atoms with Crippen LogP contribution in [-0.2, 0) is 9.59 Å². The molecule has 1 fully saturated rings. The maximum Gasteiger partial charge on any atom is 0.327 e. The van der Waals surface area contributed by atoms with E-state index in [-0.39, 0.29) is 5.91 Å². The van der Waals surface area contributed by atoms with Crippen molar-refractivity contribution in [3.8, 4) is 0 Å². The van der Waals surface area contributed by atoms with Crippen LogP contribution in [0.15, 0.2) is 0 Å². The molecule has 1 aliphatic rings. The van der Waals surface area contributed by atoms with Crippen LogP contribution in [0.3, 0.4) is 0 Å². The van der Waals surface area contributed by atoms with E-state index in [0.29, 0.717) is 6.54 Å². The molecule has 0 aliphatic carbocycles. The molecule has 0 aromatic heterocycles. The second-order valence-corrected chi connectivity index (χ2v) is 6.43. The monoisotopic (exact) mass is 299 g/mol. The third kappa shape index (κ3) is 3.86. The summed E-state index contributed by atoms with van der Waals surface area (Å²) in [5.74, 6) is -1.24. The minimum atomic E-state index is -1.01. The van der Waals surface area contributed by atoms with Gasteiger partial charge < -0.3 is 20.2 Å². The van der Waals surface area contributed by atoms with Crippen molar-refractivity contribution in [2.45, 2.75) is 45.7 Å². The van der Waals surface area contributed by atoms with Gasteiger partial charge in [0, 0.05) is 20.6 Å². The molecule has 0 bridgehead atoms. The lowest BCUT2D eigenvalue weighted by atomic mass is 9.76. The van der Waals surface area contributed by atoms with E-state index in [9.17, 15) is 19.5 Å². The summed E-state index contributed by atoms with van der Waals surface area (Å²) in [7, 11) is 3.21. The Hall–Kier alpha value is -1.79. The number of amides is 3. The van der Waals surface area contributed by atoms with Gasteiger partial charge in [0.1, 0.15) is 12.1 Å². The number of carboxylic acid groups (broad SMARTS) is 1. The van der Waals surface area contributed by atoms with Crippen LogP contribution in [0.25, 0.3) is 0 Å². The van der Waals surface area contributed by atoms with Crippen molar-refractivity contribution >= 4 is 17.9 Å². The average molecular weight is 299 g/mol. The number of hydrogen-bond donors (Lipinski definition) is 2. The fourth-order valence-corrected chi connectivity index (χ4v) is 2.80. The average Bonchev–Trinajstić information content (AvgIpc) is 2.35. The fraction of sp³-hybridized carbons (Fsp3) is 0.786. The first-order valence-corrected chi connectivity index (χ1v) is 7.09. The van der Waals surface area contributed by atoms with Crippen LogP contribution < -0.4 is 5.32 Å². The van der Waals surface area contributed by atoms with E-state index in [1.54, 1.807) is 21.0 Å². The van der Waals surface area contributed by atoms with Gasteiger partial charge in [0.25, 0.3) is 0 Å². The molecule has 2 unspecified atom stereocenters. The molecular formula is C14H25N3O4.